The van der Waals surface area contributed by atoms with Crippen LogP contribution in [0.4, 0.5) is 0 Å². The van der Waals surface area contributed by atoms with E-state index in [2.05, 4.69) is 4.98 Å². The quantitative estimate of drug-likeness (QED) is 0.892. The van der Waals surface area contributed by atoms with Gasteiger partial charge in [0, 0.05) is 5.02 Å². The third-order valence-corrected chi connectivity index (χ3v) is 2.82. The summed E-state index contributed by atoms with van der Waals surface area (Å²) in [5, 5.41) is 9.73. The minimum atomic E-state index is -1.00. The van der Waals surface area contributed by atoms with E-state index in [4.69, 9.17) is 16.7 Å². The predicted octanol–water partition coefficient (Wildman–Crippen LogP) is 2.84. The van der Waals surface area contributed by atoms with E-state index in [0.29, 0.717) is 10.7 Å². The first-order chi connectivity index (χ1) is 8.00. The number of nitrogens with zero attached hydrogens (tertiary/aromatic N) is 2. The van der Waals surface area contributed by atoms with Crippen LogP contribution in [-0.2, 0) is 0 Å². The second kappa shape index (κ2) is 4.22. The number of rotatable bonds is 2. The second-order valence-electron chi connectivity index (χ2n) is 3.78. The molecule has 0 saturated heterocycles. The van der Waals surface area contributed by atoms with E-state index in [1.165, 1.54) is 6.33 Å². The summed E-state index contributed by atoms with van der Waals surface area (Å²) in [6, 6.07) is 5.34. The van der Waals surface area contributed by atoms with Crippen LogP contribution in [0.5, 0.6) is 0 Å². The zero-order valence-corrected chi connectivity index (χ0v) is 10.2. The first-order valence-corrected chi connectivity index (χ1v) is 5.42. The minimum absolute atomic E-state index is 0.162. The van der Waals surface area contributed by atoms with E-state index in [0.717, 1.165) is 11.3 Å². The third kappa shape index (κ3) is 2.03. The van der Waals surface area contributed by atoms with Gasteiger partial charge in [-0.3, -0.25) is 4.57 Å². The number of aryl methyl sites for hydroxylation is 2. The lowest BCUT2D eigenvalue weighted by Crippen LogP contribution is -2.08. The fraction of sp³-hybridized carbons (Fsp3) is 0.167. The number of hydrogen-bond donors (Lipinski definition) is 1. The Labute approximate surface area is 103 Å². The molecule has 0 bridgehead atoms. The molecule has 0 spiro atoms. The first kappa shape index (κ1) is 11.7. The zero-order chi connectivity index (χ0) is 12.6. The Hall–Kier alpha value is -1.81. The molecule has 2 aromatic rings. The third-order valence-electron chi connectivity index (χ3n) is 2.58. The van der Waals surface area contributed by atoms with E-state index < -0.39 is 5.97 Å². The van der Waals surface area contributed by atoms with Gasteiger partial charge in [-0.05, 0) is 31.5 Å². The van der Waals surface area contributed by atoms with Crippen LogP contribution in [0.3, 0.4) is 0 Å². The van der Waals surface area contributed by atoms with Gasteiger partial charge in [0.1, 0.15) is 6.33 Å². The van der Waals surface area contributed by atoms with Crippen LogP contribution in [0.15, 0.2) is 24.5 Å². The van der Waals surface area contributed by atoms with Crippen molar-refractivity contribution in [1.29, 1.82) is 0 Å². The maximum atomic E-state index is 11.2. The number of carbonyl (C=O) groups is 1. The Morgan fingerprint density at radius 3 is 2.76 bits per heavy atom. The molecule has 5 heteroatoms. The summed E-state index contributed by atoms with van der Waals surface area (Å²) < 4.78 is 1.54. The smallest absolute Gasteiger partial charge is 0.354 e. The highest BCUT2D eigenvalue weighted by Crippen LogP contribution is 2.22. The Kier molecular flexibility index (Phi) is 2.90. The molecule has 0 saturated carbocycles. The number of carboxylic acids is 1. The molecule has 0 fully saturated rings. The molecule has 1 N–H and O–H groups in total. The number of hydrogen-bond acceptors (Lipinski definition) is 2. The molecule has 0 amide bonds. The van der Waals surface area contributed by atoms with Crippen LogP contribution >= 0.6 is 11.6 Å². The highest BCUT2D eigenvalue weighted by atomic mass is 35.5. The van der Waals surface area contributed by atoms with Crippen molar-refractivity contribution < 1.29 is 9.90 Å². The number of benzene rings is 1. The van der Waals surface area contributed by atoms with Gasteiger partial charge in [-0.1, -0.05) is 17.7 Å². The van der Waals surface area contributed by atoms with Crippen LogP contribution in [-0.4, -0.2) is 20.6 Å². The van der Waals surface area contributed by atoms with Gasteiger partial charge in [0.2, 0.25) is 0 Å². The van der Waals surface area contributed by atoms with Crippen LogP contribution in [0.25, 0.3) is 5.69 Å². The standard InChI is InChI=1S/C12H11ClN2O2/c1-7-3-4-9(13)5-10(7)15-6-14-8(2)11(15)12(16)17/h3-6H,1-2H3,(H,16,17). The average molecular weight is 251 g/mol. The number of halogens is 1. The zero-order valence-electron chi connectivity index (χ0n) is 9.44. The Bertz CT molecular complexity index is 590. The summed E-state index contributed by atoms with van der Waals surface area (Å²) in [6.07, 6.45) is 1.50. The van der Waals surface area contributed by atoms with Gasteiger partial charge >= 0.3 is 5.97 Å². The highest BCUT2D eigenvalue weighted by Gasteiger charge is 2.17. The maximum absolute atomic E-state index is 11.2. The summed E-state index contributed by atoms with van der Waals surface area (Å²) in [7, 11) is 0. The van der Waals surface area contributed by atoms with Gasteiger partial charge in [-0.25, -0.2) is 9.78 Å². The van der Waals surface area contributed by atoms with Gasteiger partial charge in [0.05, 0.1) is 11.4 Å². The summed E-state index contributed by atoms with van der Waals surface area (Å²) in [4.78, 5) is 15.2. The van der Waals surface area contributed by atoms with E-state index >= 15 is 0 Å². The lowest BCUT2D eigenvalue weighted by molar-refractivity contribution is 0.0687. The molecule has 4 nitrogen and oxygen atoms in total. The number of aromatic nitrogens is 2. The lowest BCUT2D eigenvalue weighted by atomic mass is 10.2. The van der Waals surface area contributed by atoms with Crippen molar-refractivity contribution >= 4 is 17.6 Å². The van der Waals surface area contributed by atoms with Crippen LogP contribution < -0.4 is 0 Å². The van der Waals surface area contributed by atoms with Crippen molar-refractivity contribution in [1.82, 2.24) is 9.55 Å². The van der Waals surface area contributed by atoms with Gasteiger partial charge < -0.3 is 5.11 Å². The second-order valence-corrected chi connectivity index (χ2v) is 4.22. The normalized spacial score (nSPS) is 10.5. The van der Waals surface area contributed by atoms with Gasteiger partial charge in [0.25, 0.3) is 0 Å². The first-order valence-electron chi connectivity index (χ1n) is 5.04. The van der Waals surface area contributed by atoms with Gasteiger partial charge in [0.15, 0.2) is 5.69 Å². The summed E-state index contributed by atoms with van der Waals surface area (Å²) >= 11 is 5.92. The molecule has 88 valence electrons. The molecule has 0 atom stereocenters. The van der Waals surface area contributed by atoms with Crippen LogP contribution in [0.1, 0.15) is 21.7 Å². The van der Waals surface area contributed by atoms with Crippen LogP contribution in [0, 0.1) is 13.8 Å². The number of carboxylic acid groups (broad SMARTS) is 1. The summed E-state index contributed by atoms with van der Waals surface area (Å²) in [6.45, 7) is 3.56. The fourth-order valence-electron chi connectivity index (χ4n) is 1.72. The Morgan fingerprint density at radius 2 is 2.12 bits per heavy atom. The van der Waals surface area contributed by atoms with Crippen molar-refractivity contribution in [2.24, 2.45) is 0 Å². The SMILES string of the molecule is Cc1ccc(Cl)cc1-n1cnc(C)c1C(=O)O. The van der Waals surface area contributed by atoms with Crippen molar-refractivity contribution in [3.63, 3.8) is 0 Å². The van der Waals surface area contributed by atoms with E-state index in [1.54, 1.807) is 23.6 Å². The summed E-state index contributed by atoms with van der Waals surface area (Å²) in [5.41, 5.74) is 2.32. The van der Waals surface area contributed by atoms with Crippen molar-refractivity contribution in [2.75, 3.05) is 0 Å². The van der Waals surface area contributed by atoms with E-state index in [1.807, 2.05) is 13.0 Å². The van der Waals surface area contributed by atoms with E-state index in [9.17, 15) is 4.79 Å². The number of aromatic carboxylic acids is 1. The average Bonchev–Trinajstić information content (AvgIpc) is 2.64. The molecule has 2 rings (SSSR count). The van der Waals surface area contributed by atoms with Gasteiger partial charge in [-0.15, -0.1) is 0 Å². The molecule has 0 unspecified atom stereocenters. The van der Waals surface area contributed by atoms with Crippen molar-refractivity contribution in [3.05, 3.63) is 46.5 Å². The molecule has 1 heterocycles. The molecule has 1 aromatic heterocycles. The molecule has 0 aliphatic rings. The lowest BCUT2D eigenvalue weighted by Gasteiger charge is -2.09. The highest BCUT2D eigenvalue weighted by molar-refractivity contribution is 6.30. The molecular formula is C12H11ClN2O2. The minimum Gasteiger partial charge on any atom is -0.477 e. The van der Waals surface area contributed by atoms with Crippen LogP contribution in [0.2, 0.25) is 5.02 Å². The van der Waals surface area contributed by atoms with Gasteiger partial charge in [-0.2, -0.15) is 0 Å². The molecular weight excluding hydrogens is 240 g/mol. The fourth-order valence-corrected chi connectivity index (χ4v) is 1.89. The predicted molar refractivity (Wildman–Crippen MR) is 65.0 cm³/mol. The number of imidazole rings is 1. The van der Waals surface area contributed by atoms with Crippen molar-refractivity contribution in [2.45, 2.75) is 13.8 Å². The Morgan fingerprint density at radius 1 is 1.41 bits per heavy atom. The monoisotopic (exact) mass is 250 g/mol. The molecule has 0 aliphatic heterocycles. The topological polar surface area (TPSA) is 55.1 Å². The largest absolute Gasteiger partial charge is 0.477 e. The maximum Gasteiger partial charge on any atom is 0.354 e. The molecule has 1 aromatic carbocycles. The molecule has 0 radical (unpaired) electrons. The molecule has 17 heavy (non-hydrogen) atoms. The molecule has 0 aliphatic carbocycles. The Balaban J connectivity index is 2.68. The van der Waals surface area contributed by atoms with E-state index in [-0.39, 0.29) is 5.69 Å². The summed E-state index contributed by atoms with van der Waals surface area (Å²) in [5.74, 6) is -1.00. The van der Waals surface area contributed by atoms with Crippen molar-refractivity contribution in [3.8, 4) is 5.69 Å².